The molecule has 2 aromatic carbocycles. The molecule has 150 valence electrons. The number of alkyl halides is 2. The van der Waals surface area contributed by atoms with Gasteiger partial charge in [0.05, 0.1) is 29.2 Å². The van der Waals surface area contributed by atoms with Gasteiger partial charge in [-0.2, -0.15) is 8.78 Å². The first kappa shape index (κ1) is 19.0. The summed E-state index contributed by atoms with van der Waals surface area (Å²) in [6.45, 7) is 1.04. The van der Waals surface area contributed by atoms with Crippen molar-refractivity contribution < 1.29 is 23.4 Å². The minimum atomic E-state index is -4.12. The SMILES string of the molecule is CC(O)c1cccc2c1OC(F)(F)C(=O)N2Cc1nc2ccccc2c(=O)n1C. The van der Waals surface area contributed by atoms with Gasteiger partial charge in [0.15, 0.2) is 5.75 Å². The maximum atomic E-state index is 14.3. The number of aliphatic hydroxyl groups excluding tert-OH is 1. The van der Waals surface area contributed by atoms with Crippen LogP contribution >= 0.6 is 0 Å². The van der Waals surface area contributed by atoms with Gasteiger partial charge in [0.2, 0.25) is 0 Å². The lowest BCUT2D eigenvalue weighted by Gasteiger charge is -2.34. The topological polar surface area (TPSA) is 84.7 Å². The summed E-state index contributed by atoms with van der Waals surface area (Å²) in [6, 6.07) is 11.1. The van der Waals surface area contributed by atoms with Crippen molar-refractivity contribution in [1.29, 1.82) is 0 Å². The average Bonchev–Trinajstić information content (AvgIpc) is 2.68. The van der Waals surface area contributed by atoms with Crippen LogP contribution in [0.2, 0.25) is 0 Å². The van der Waals surface area contributed by atoms with E-state index in [2.05, 4.69) is 9.72 Å². The van der Waals surface area contributed by atoms with E-state index in [1.165, 1.54) is 36.7 Å². The normalized spacial score (nSPS) is 16.4. The third-order valence-electron chi connectivity index (χ3n) is 4.87. The van der Waals surface area contributed by atoms with Gasteiger partial charge in [-0.15, -0.1) is 0 Å². The van der Waals surface area contributed by atoms with Gasteiger partial charge in [0, 0.05) is 12.6 Å². The van der Waals surface area contributed by atoms with Crippen LogP contribution in [-0.4, -0.2) is 26.7 Å². The number of hydrogen-bond acceptors (Lipinski definition) is 5. The van der Waals surface area contributed by atoms with Gasteiger partial charge in [-0.3, -0.25) is 19.1 Å². The Morgan fingerprint density at radius 3 is 2.62 bits per heavy atom. The van der Waals surface area contributed by atoms with Crippen molar-refractivity contribution in [3.05, 3.63) is 64.2 Å². The number of aliphatic hydroxyl groups is 1. The van der Waals surface area contributed by atoms with E-state index in [0.717, 1.165) is 4.90 Å². The molecule has 3 aromatic rings. The average molecular weight is 401 g/mol. The minimum absolute atomic E-state index is 0.0710. The van der Waals surface area contributed by atoms with E-state index < -0.39 is 18.1 Å². The summed E-state index contributed by atoms with van der Waals surface area (Å²) < 4.78 is 34.5. The molecule has 7 nitrogen and oxygen atoms in total. The molecule has 1 amide bonds. The molecule has 4 rings (SSSR count). The number of carbonyl (C=O) groups is 1. The molecule has 0 bridgehead atoms. The van der Waals surface area contributed by atoms with Gasteiger partial charge < -0.3 is 9.84 Å². The number of fused-ring (bicyclic) bond motifs is 2. The lowest BCUT2D eigenvalue weighted by Crippen LogP contribution is -2.51. The number of ether oxygens (including phenoxy) is 1. The summed E-state index contributed by atoms with van der Waals surface area (Å²) >= 11 is 0. The number of benzene rings is 2. The molecule has 1 N–H and O–H groups in total. The van der Waals surface area contributed by atoms with Crippen LogP contribution in [0.4, 0.5) is 14.5 Å². The lowest BCUT2D eigenvalue weighted by molar-refractivity contribution is -0.193. The maximum absolute atomic E-state index is 14.3. The first-order chi connectivity index (χ1) is 13.7. The number of hydrogen-bond donors (Lipinski definition) is 1. The fourth-order valence-corrected chi connectivity index (χ4v) is 3.34. The third kappa shape index (κ3) is 3.03. The zero-order valence-electron chi connectivity index (χ0n) is 15.6. The number of amides is 1. The number of rotatable bonds is 3. The molecular weight excluding hydrogens is 384 g/mol. The Kier molecular flexibility index (Phi) is 4.34. The number of halogens is 2. The molecule has 0 aliphatic carbocycles. The van der Waals surface area contributed by atoms with Crippen LogP contribution in [0.3, 0.4) is 0 Å². The molecule has 0 radical (unpaired) electrons. The fraction of sp³-hybridized carbons (Fsp3) is 0.250. The standard InChI is InChI=1S/C20H17F2N3O4/c1-11(26)12-7-5-9-15-17(12)29-20(21,22)19(28)25(15)10-16-23-14-8-4-3-6-13(14)18(27)24(16)2/h3-9,11,26H,10H2,1-2H3. The zero-order valence-corrected chi connectivity index (χ0v) is 15.6. The number of aromatic nitrogens is 2. The van der Waals surface area contributed by atoms with Gasteiger partial charge in [-0.1, -0.05) is 24.3 Å². The van der Waals surface area contributed by atoms with Crippen LogP contribution in [0.1, 0.15) is 24.4 Å². The van der Waals surface area contributed by atoms with Gasteiger partial charge in [-0.05, 0) is 25.1 Å². The van der Waals surface area contributed by atoms with E-state index in [0.29, 0.717) is 10.9 Å². The van der Waals surface area contributed by atoms with Crippen molar-refractivity contribution in [3.63, 3.8) is 0 Å². The molecule has 0 saturated heterocycles. The van der Waals surface area contributed by atoms with Gasteiger partial charge in [0.25, 0.3) is 5.56 Å². The smallest absolute Gasteiger partial charge is 0.423 e. The van der Waals surface area contributed by atoms with Crippen molar-refractivity contribution in [2.75, 3.05) is 4.90 Å². The Morgan fingerprint density at radius 1 is 1.17 bits per heavy atom. The monoisotopic (exact) mass is 401 g/mol. The highest BCUT2D eigenvalue weighted by Crippen LogP contribution is 2.44. The van der Waals surface area contributed by atoms with E-state index in [4.69, 9.17) is 0 Å². The van der Waals surface area contributed by atoms with Gasteiger partial charge >= 0.3 is 12.0 Å². The van der Waals surface area contributed by atoms with Crippen molar-refractivity contribution in [2.45, 2.75) is 25.7 Å². The Morgan fingerprint density at radius 2 is 1.90 bits per heavy atom. The van der Waals surface area contributed by atoms with Crippen LogP contribution < -0.4 is 15.2 Å². The van der Waals surface area contributed by atoms with E-state index in [9.17, 15) is 23.5 Å². The molecule has 0 saturated carbocycles. The number of para-hydroxylation sites is 2. The second-order valence-corrected chi connectivity index (χ2v) is 6.79. The molecule has 2 heterocycles. The summed E-state index contributed by atoms with van der Waals surface area (Å²) in [5, 5.41) is 10.3. The number of carbonyl (C=O) groups excluding carboxylic acids is 1. The van der Waals surface area contributed by atoms with Crippen molar-refractivity contribution in [2.24, 2.45) is 7.05 Å². The molecule has 1 aromatic heterocycles. The molecule has 9 heteroatoms. The highest BCUT2D eigenvalue weighted by molar-refractivity contribution is 6.01. The first-order valence-electron chi connectivity index (χ1n) is 8.85. The summed E-state index contributed by atoms with van der Waals surface area (Å²) in [4.78, 5) is 30.2. The molecular formula is C20H17F2N3O4. The lowest BCUT2D eigenvalue weighted by atomic mass is 10.1. The summed E-state index contributed by atoms with van der Waals surface area (Å²) in [5.41, 5.74) is 0.244. The molecule has 29 heavy (non-hydrogen) atoms. The summed E-state index contributed by atoms with van der Waals surface area (Å²) in [5.74, 6) is -1.72. The van der Waals surface area contributed by atoms with E-state index in [1.807, 2.05) is 0 Å². The van der Waals surface area contributed by atoms with Gasteiger partial charge in [0.1, 0.15) is 5.82 Å². The summed E-state index contributed by atoms with van der Waals surface area (Å²) in [6.07, 6.45) is -5.20. The predicted octanol–water partition coefficient (Wildman–Crippen LogP) is 2.51. The van der Waals surface area contributed by atoms with E-state index in [1.54, 1.807) is 24.3 Å². The quantitative estimate of drug-likeness (QED) is 0.729. The number of nitrogens with zero attached hydrogens (tertiary/aromatic N) is 3. The largest absolute Gasteiger partial charge is 0.483 e. The highest BCUT2D eigenvalue weighted by atomic mass is 19.3. The van der Waals surface area contributed by atoms with Crippen LogP contribution in [0.25, 0.3) is 10.9 Å². The molecule has 0 fully saturated rings. The van der Waals surface area contributed by atoms with Crippen LogP contribution in [0, 0.1) is 0 Å². The Hall–Kier alpha value is -3.33. The Labute approximate surface area is 163 Å². The van der Waals surface area contributed by atoms with Crippen molar-refractivity contribution in [1.82, 2.24) is 9.55 Å². The fourth-order valence-electron chi connectivity index (χ4n) is 3.34. The van der Waals surface area contributed by atoms with Gasteiger partial charge in [-0.25, -0.2) is 4.98 Å². The molecule has 1 atom stereocenters. The second-order valence-electron chi connectivity index (χ2n) is 6.79. The predicted molar refractivity (Wildman–Crippen MR) is 101 cm³/mol. The van der Waals surface area contributed by atoms with Crippen LogP contribution in [0.5, 0.6) is 5.75 Å². The molecule has 1 unspecified atom stereocenters. The Balaban J connectivity index is 1.87. The maximum Gasteiger partial charge on any atom is 0.483 e. The second kappa shape index (κ2) is 6.63. The van der Waals surface area contributed by atoms with Crippen molar-refractivity contribution >= 4 is 22.5 Å². The zero-order chi connectivity index (χ0) is 20.9. The molecule has 1 aliphatic rings. The van der Waals surface area contributed by atoms with E-state index in [-0.39, 0.29) is 34.9 Å². The molecule has 0 spiro atoms. The van der Waals surface area contributed by atoms with Crippen LogP contribution in [-0.2, 0) is 18.4 Å². The van der Waals surface area contributed by atoms with E-state index >= 15 is 0 Å². The Bertz CT molecular complexity index is 1190. The number of anilines is 1. The highest BCUT2D eigenvalue weighted by Gasteiger charge is 2.51. The summed E-state index contributed by atoms with van der Waals surface area (Å²) in [7, 11) is 1.47. The third-order valence-corrected chi connectivity index (χ3v) is 4.87. The van der Waals surface area contributed by atoms with Crippen LogP contribution in [0.15, 0.2) is 47.3 Å². The molecule has 1 aliphatic heterocycles. The first-order valence-corrected chi connectivity index (χ1v) is 8.85. The minimum Gasteiger partial charge on any atom is -0.423 e. The van der Waals surface area contributed by atoms with Crippen molar-refractivity contribution in [3.8, 4) is 5.75 Å².